The molecule has 4 nitrogen and oxygen atoms in total. The summed E-state index contributed by atoms with van der Waals surface area (Å²) >= 11 is 5.31. The average Bonchev–Trinajstić information content (AvgIpc) is 2.54. The molecule has 0 aliphatic carbocycles. The molecule has 23 heavy (non-hydrogen) atoms. The van der Waals surface area contributed by atoms with Gasteiger partial charge in [0.1, 0.15) is 0 Å². The molecule has 0 aromatic heterocycles. The molecular formula is C18H25N4S+. The third kappa shape index (κ3) is 6.67. The van der Waals surface area contributed by atoms with Crippen molar-refractivity contribution in [3.63, 3.8) is 0 Å². The molecule has 0 heterocycles. The van der Waals surface area contributed by atoms with Crippen molar-refractivity contribution in [2.45, 2.75) is 6.42 Å². The van der Waals surface area contributed by atoms with E-state index >= 15 is 0 Å². The van der Waals surface area contributed by atoms with Gasteiger partial charge in [-0.15, -0.1) is 0 Å². The Labute approximate surface area is 143 Å². The fraction of sp³-hybridized carbons (Fsp3) is 0.278. The monoisotopic (exact) mass is 329 g/mol. The van der Waals surface area contributed by atoms with E-state index in [1.54, 1.807) is 0 Å². The highest BCUT2D eigenvalue weighted by Gasteiger charge is 1.99. The molecule has 0 bridgehead atoms. The summed E-state index contributed by atoms with van der Waals surface area (Å²) in [7, 11) is 4.31. The molecule has 0 amide bonds. The van der Waals surface area contributed by atoms with Crippen LogP contribution >= 0.6 is 12.2 Å². The highest BCUT2D eigenvalue weighted by Crippen LogP contribution is 2.18. The normalized spacial score (nSPS) is 10.4. The zero-order valence-electron chi connectivity index (χ0n) is 13.7. The second-order valence-corrected chi connectivity index (χ2v) is 6.17. The van der Waals surface area contributed by atoms with Crippen molar-refractivity contribution < 1.29 is 4.90 Å². The van der Waals surface area contributed by atoms with Gasteiger partial charge in [0, 0.05) is 30.0 Å². The maximum absolute atomic E-state index is 5.31. The second kappa shape index (κ2) is 9.12. The fourth-order valence-electron chi connectivity index (χ4n) is 2.14. The molecule has 0 fully saturated rings. The molecule has 0 aliphatic rings. The lowest BCUT2D eigenvalue weighted by Crippen LogP contribution is -3.05. The summed E-state index contributed by atoms with van der Waals surface area (Å²) < 4.78 is 0. The summed E-state index contributed by atoms with van der Waals surface area (Å²) in [6.45, 7) is 2.03. The van der Waals surface area contributed by atoms with Crippen molar-refractivity contribution in [3.05, 3.63) is 54.6 Å². The van der Waals surface area contributed by atoms with Crippen LogP contribution in [0.25, 0.3) is 0 Å². The van der Waals surface area contributed by atoms with Crippen LogP contribution in [-0.4, -0.2) is 32.3 Å². The van der Waals surface area contributed by atoms with E-state index < -0.39 is 0 Å². The third-order valence-corrected chi connectivity index (χ3v) is 3.59. The summed E-state index contributed by atoms with van der Waals surface area (Å²) in [5, 5.41) is 10.5. The number of hydrogen-bond acceptors (Lipinski definition) is 2. The maximum atomic E-state index is 5.31. The minimum atomic E-state index is 0.669. The minimum Gasteiger partial charge on any atom is -0.362 e. The lowest BCUT2D eigenvalue weighted by Gasteiger charge is -2.12. The van der Waals surface area contributed by atoms with Crippen molar-refractivity contribution >= 4 is 34.4 Å². The van der Waals surface area contributed by atoms with Gasteiger partial charge in [0.2, 0.25) is 0 Å². The number of para-hydroxylation sites is 1. The van der Waals surface area contributed by atoms with Gasteiger partial charge in [-0.3, -0.25) is 0 Å². The number of anilines is 3. The van der Waals surface area contributed by atoms with Gasteiger partial charge in [-0.25, -0.2) is 0 Å². The van der Waals surface area contributed by atoms with Gasteiger partial charge in [0.05, 0.1) is 20.6 Å². The standard InChI is InChI=1S/C18H24N4S/c1-22(2)14-6-13-19-18(23)21-17-11-9-16(10-12-17)20-15-7-4-3-5-8-15/h3-5,7-12,20H,6,13-14H2,1-2H3,(H2,19,21,23)/p+1. The molecule has 0 saturated heterocycles. The SMILES string of the molecule is C[NH+](C)CCCNC(=S)Nc1ccc(Nc2ccccc2)cc1. The summed E-state index contributed by atoms with van der Waals surface area (Å²) in [6, 6.07) is 18.2. The Hall–Kier alpha value is -2.11. The smallest absolute Gasteiger partial charge is 0.170 e. The van der Waals surface area contributed by atoms with Gasteiger partial charge in [0.25, 0.3) is 0 Å². The Morgan fingerprint density at radius 3 is 2.17 bits per heavy atom. The van der Waals surface area contributed by atoms with Gasteiger partial charge in [-0.1, -0.05) is 18.2 Å². The van der Waals surface area contributed by atoms with E-state index in [9.17, 15) is 0 Å². The number of benzene rings is 2. The van der Waals surface area contributed by atoms with E-state index in [0.29, 0.717) is 5.11 Å². The average molecular weight is 329 g/mol. The Kier molecular flexibility index (Phi) is 6.84. The Morgan fingerprint density at radius 2 is 1.52 bits per heavy atom. The van der Waals surface area contributed by atoms with Crippen LogP contribution < -0.4 is 20.9 Å². The van der Waals surface area contributed by atoms with Crippen LogP contribution in [0.5, 0.6) is 0 Å². The lowest BCUT2D eigenvalue weighted by molar-refractivity contribution is -0.858. The van der Waals surface area contributed by atoms with Gasteiger partial charge < -0.3 is 20.9 Å². The summed E-state index contributed by atoms with van der Waals surface area (Å²) in [6.07, 6.45) is 1.10. The summed E-state index contributed by atoms with van der Waals surface area (Å²) in [5.74, 6) is 0. The van der Waals surface area contributed by atoms with E-state index in [1.807, 2.05) is 54.6 Å². The molecule has 0 aliphatic heterocycles. The van der Waals surface area contributed by atoms with Gasteiger partial charge in [-0.2, -0.15) is 0 Å². The van der Waals surface area contributed by atoms with Crippen LogP contribution in [-0.2, 0) is 0 Å². The van der Waals surface area contributed by atoms with Crippen LogP contribution in [0.15, 0.2) is 54.6 Å². The minimum absolute atomic E-state index is 0.669. The Bertz CT molecular complexity index is 596. The first-order valence-corrected chi connectivity index (χ1v) is 8.30. The zero-order valence-corrected chi connectivity index (χ0v) is 14.5. The van der Waals surface area contributed by atoms with Crippen LogP contribution in [0.3, 0.4) is 0 Å². The zero-order chi connectivity index (χ0) is 16.5. The largest absolute Gasteiger partial charge is 0.362 e. The molecule has 0 radical (unpaired) electrons. The molecule has 4 N–H and O–H groups in total. The van der Waals surface area contributed by atoms with Gasteiger partial charge in [-0.05, 0) is 48.6 Å². The van der Waals surface area contributed by atoms with E-state index in [-0.39, 0.29) is 0 Å². The van der Waals surface area contributed by atoms with Crippen molar-refractivity contribution in [1.82, 2.24) is 5.32 Å². The van der Waals surface area contributed by atoms with Crippen LogP contribution in [0.2, 0.25) is 0 Å². The van der Waals surface area contributed by atoms with Crippen LogP contribution in [0, 0.1) is 0 Å². The third-order valence-electron chi connectivity index (χ3n) is 3.34. The molecule has 0 atom stereocenters. The topological polar surface area (TPSA) is 40.5 Å². The van der Waals surface area contributed by atoms with Crippen LogP contribution in [0.4, 0.5) is 17.1 Å². The highest BCUT2D eigenvalue weighted by molar-refractivity contribution is 7.80. The molecule has 5 heteroatoms. The Morgan fingerprint density at radius 1 is 0.913 bits per heavy atom. The molecule has 0 unspecified atom stereocenters. The summed E-state index contributed by atoms with van der Waals surface area (Å²) in [5.41, 5.74) is 3.11. The molecule has 0 saturated carbocycles. The lowest BCUT2D eigenvalue weighted by atomic mass is 10.2. The Balaban J connectivity index is 1.77. The summed E-state index contributed by atoms with van der Waals surface area (Å²) in [4.78, 5) is 1.45. The molecule has 2 aromatic carbocycles. The van der Waals surface area contributed by atoms with Crippen molar-refractivity contribution in [1.29, 1.82) is 0 Å². The quantitative estimate of drug-likeness (QED) is 0.465. The van der Waals surface area contributed by atoms with E-state index in [1.165, 1.54) is 4.90 Å². The predicted molar refractivity (Wildman–Crippen MR) is 103 cm³/mol. The number of thiocarbonyl (C=S) groups is 1. The second-order valence-electron chi connectivity index (χ2n) is 5.76. The van der Waals surface area contributed by atoms with Crippen molar-refractivity contribution in [2.75, 3.05) is 37.8 Å². The van der Waals surface area contributed by atoms with Gasteiger partial charge in [0.15, 0.2) is 5.11 Å². The molecular weight excluding hydrogens is 304 g/mol. The van der Waals surface area contributed by atoms with Crippen molar-refractivity contribution in [3.8, 4) is 0 Å². The van der Waals surface area contributed by atoms with Crippen molar-refractivity contribution in [2.24, 2.45) is 0 Å². The fourth-order valence-corrected chi connectivity index (χ4v) is 2.36. The molecule has 2 rings (SSSR count). The van der Waals surface area contributed by atoms with E-state index in [2.05, 4.69) is 30.0 Å². The number of nitrogens with one attached hydrogen (secondary N) is 4. The first-order chi connectivity index (χ1) is 11.1. The first kappa shape index (κ1) is 17.2. The molecule has 122 valence electrons. The number of quaternary nitrogens is 1. The molecule has 0 spiro atoms. The molecule has 2 aromatic rings. The van der Waals surface area contributed by atoms with Crippen LogP contribution in [0.1, 0.15) is 6.42 Å². The maximum Gasteiger partial charge on any atom is 0.170 e. The van der Waals surface area contributed by atoms with E-state index in [4.69, 9.17) is 12.2 Å². The number of rotatable bonds is 7. The highest BCUT2D eigenvalue weighted by atomic mass is 32.1. The first-order valence-electron chi connectivity index (χ1n) is 7.89. The van der Waals surface area contributed by atoms with Gasteiger partial charge >= 0.3 is 0 Å². The van der Waals surface area contributed by atoms with E-state index in [0.717, 1.165) is 36.6 Å². The predicted octanol–water partition coefficient (Wildman–Crippen LogP) is 2.25. The number of hydrogen-bond donors (Lipinski definition) is 4.